The maximum absolute atomic E-state index is 12.7. The van der Waals surface area contributed by atoms with E-state index in [9.17, 15) is 26.7 Å². The van der Waals surface area contributed by atoms with Crippen molar-refractivity contribution in [3.63, 3.8) is 0 Å². The number of rotatable bonds is 3. The van der Waals surface area contributed by atoms with E-state index in [1.54, 1.807) is 13.8 Å². The second-order valence-electron chi connectivity index (χ2n) is 3.78. The lowest BCUT2D eigenvalue weighted by atomic mass is 10.3. The van der Waals surface area contributed by atoms with E-state index in [4.69, 9.17) is 0 Å². The summed E-state index contributed by atoms with van der Waals surface area (Å²) < 4.78 is 62.3. The van der Waals surface area contributed by atoms with E-state index in [1.807, 2.05) is 0 Å². The van der Waals surface area contributed by atoms with Gasteiger partial charge in [0.1, 0.15) is 5.82 Å². The summed E-state index contributed by atoms with van der Waals surface area (Å²) in [5.41, 5.74) is 0. The summed E-state index contributed by atoms with van der Waals surface area (Å²) in [5.74, 6) is -8.10. The predicted octanol–water partition coefficient (Wildman–Crippen LogP) is 2.60. The van der Waals surface area contributed by atoms with Crippen molar-refractivity contribution in [3.8, 4) is 0 Å². The number of carbonyl (C=O) groups excluding carboxylic acids is 1. The number of nitrogens with one attached hydrogen (secondary N) is 1. The smallest absolute Gasteiger partial charge is 0.305 e. The summed E-state index contributed by atoms with van der Waals surface area (Å²) in [4.78, 5) is 10.9. The van der Waals surface area contributed by atoms with Gasteiger partial charge in [-0.2, -0.15) is 27.1 Å². The summed E-state index contributed by atoms with van der Waals surface area (Å²) in [5, 5.41) is 5.20. The molecule has 0 aliphatic heterocycles. The molecule has 1 N–H and O–H groups in total. The molecular formula is C9H10F5N3O. The van der Waals surface area contributed by atoms with Crippen LogP contribution < -0.4 is 5.32 Å². The van der Waals surface area contributed by atoms with E-state index in [1.165, 1.54) is 11.5 Å². The molecule has 0 unspecified atom stereocenters. The quantitative estimate of drug-likeness (QED) is 0.859. The van der Waals surface area contributed by atoms with Gasteiger partial charge in [-0.25, -0.2) is 4.68 Å². The van der Waals surface area contributed by atoms with Crippen LogP contribution in [-0.2, 0) is 4.79 Å². The van der Waals surface area contributed by atoms with E-state index in [0.29, 0.717) is 0 Å². The molecule has 0 aliphatic carbocycles. The number of nitrogens with zero attached hydrogens (tertiary/aromatic N) is 2. The summed E-state index contributed by atoms with van der Waals surface area (Å²) >= 11 is 0. The molecule has 18 heavy (non-hydrogen) atoms. The average Bonchev–Trinajstić information content (AvgIpc) is 2.63. The maximum atomic E-state index is 12.7. The summed E-state index contributed by atoms with van der Waals surface area (Å²) in [6.07, 6.45) is -4.75. The van der Waals surface area contributed by atoms with Gasteiger partial charge in [-0.15, -0.1) is 0 Å². The first-order valence-corrected chi connectivity index (χ1v) is 4.87. The maximum Gasteiger partial charge on any atom is 0.463 e. The molecule has 0 spiro atoms. The van der Waals surface area contributed by atoms with Gasteiger partial charge in [-0.3, -0.25) is 4.79 Å². The fourth-order valence-electron chi connectivity index (χ4n) is 1.15. The minimum atomic E-state index is -5.93. The summed E-state index contributed by atoms with van der Waals surface area (Å²) in [6.45, 7) is 3.26. The van der Waals surface area contributed by atoms with Gasteiger partial charge in [0, 0.05) is 12.1 Å². The third-order valence-corrected chi connectivity index (χ3v) is 2.04. The molecule has 4 nitrogen and oxygen atoms in total. The van der Waals surface area contributed by atoms with Crippen molar-refractivity contribution < 1.29 is 26.7 Å². The van der Waals surface area contributed by atoms with Gasteiger partial charge < -0.3 is 5.32 Å². The Balaban J connectivity index is 2.92. The van der Waals surface area contributed by atoms with E-state index in [-0.39, 0.29) is 11.9 Å². The molecule has 0 fully saturated rings. The number of carbonyl (C=O) groups is 1. The third kappa shape index (κ3) is 2.59. The topological polar surface area (TPSA) is 46.9 Å². The van der Waals surface area contributed by atoms with Crippen molar-refractivity contribution in [2.45, 2.75) is 32.0 Å². The van der Waals surface area contributed by atoms with Crippen LogP contribution in [0.3, 0.4) is 0 Å². The minimum Gasteiger partial charge on any atom is -0.305 e. The predicted molar refractivity (Wildman–Crippen MR) is 52.2 cm³/mol. The van der Waals surface area contributed by atoms with E-state index < -0.39 is 18.0 Å². The van der Waals surface area contributed by atoms with Crippen LogP contribution in [-0.4, -0.2) is 27.8 Å². The van der Waals surface area contributed by atoms with Gasteiger partial charge in [-0.05, 0) is 13.8 Å². The minimum absolute atomic E-state index is 0.223. The zero-order valence-electron chi connectivity index (χ0n) is 9.42. The lowest BCUT2D eigenvalue weighted by Crippen LogP contribution is -2.47. The first kappa shape index (κ1) is 14.4. The zero-order valence-corrected chi connectivity index (χ0v) is 9.42. The number of hydrogen-bond donors (Lipinski definition) is 1. The molecule has 0 saturated carbocycles. The summed E-state index contributed by atoms with van der Waals surface area (Å²) in [6, 6.07) is 0.833. The largest absolute Gasteiger partial charge is 0.463 e. The van der Waals surface area contributed by atoms with Crippen LogP contribution in [0.5, 0.6) is 0 Å². The van der Waals surface area contributed by atoms with Crippen molar-refractivity contribution in [3.05, 3.63) is 12.3 Å². The lowest BCUT2D eigenvalue weighted by molar-refractivity contribution is -0.267. The highest BCUT2D eigenvalue weighted by Crippen LogP contribution is 2.36. The molecule has 1 heterocycles. The van der Waals surface area contributed by atoms with Crippen LogP contribution >= 0.6 is 0 Å². The summed E-state index contributed by atoms with van der Waals surface area (Å²) in [7, 11) is 0. The molecule has 0 bridgehead atoms. The number of anilines is 1. The first-order chi connectivity index (χ1) is 8.07. The standard InChI is InChI=1S/C9H10F5N3O/c1-5(2)17-6(3-4-15-17)16-7(18)8(10,11)9(12,13)14/h3-5H,1-2H3,(H,16,18). The highest BCUT2D eigenvalue weighted by atomic mass is 19.4. The average molecular weight is 271 g/mol. The number of aromatic nitrogens is 2. The molecular weight excluding hydrogens is 261 g/mol. The number of hydrogen-bond acceptors (Lipinski definition) is 2. The van der Waals surface area contributed by atoms with E-state index >= 15 is 0 Å². The third-order valence-electron chi connectivity index (χ3n) is 2.04. The molecule has 9 heteroatoms. The van der Waals surface area contributed by atoms with Crippen LogP contribution in [0, 0.1) is 0 Å². The van der Waals surface area contributed by atoms with Crippen molar-refractivity contribution in [2.24, 2.45) is 0 Å². The second kappa shape index (κ2) is 4.54. The van der Waals surface area contributed by atoms with Gasteiger partial charge in [0.25, 0.3) is 0 Å². The van der Waals surface area contributed by atoms with Crippen LogP contribution in [0.25, 0.3) is 0 Å². The van der Waals surface area contributed by atoms with Gasteiger partial charge in [0.15, 0.2) is 0 Å². The van der Waals surface area contributed by atoms with Crippen LogP contribution in [0.15, 0.2) is 12.3 Å². The zero-order chi connectivity index (χ0) is 14.1. The van der Waals surface area contributed by atoms with E-state index in [0.717, 1.165) is 10.7 Å². The SMILES string of the molecule is CC(C)n1nccc1NC(=O)C(F)(F)C(F)(F)F. The molecule has 1 amide bonds. The lowest BCUT2D eigenvalue weighted by Gasteiger charge is -2.19. The Morgan fingerprint density at radius 2 is 1.89 bits per heavy atom. The Morgan fingerprint density at radius 1 is 1.33 bits per heavy atom. The van der Waals surface area contributed by atoms with Crippen LogP contribution in [0.4, 0.5) is 27.8 Å². The Hall–Kier alpha value is -1.67. The van der Waals surface area contributed by atoms with Crippen molar-refractivity contribution in [2.75, 3.05) is 5.32 Å². The number of alkyl halides is 5. The fraction of sp³-hybridized carbons (Fsp3) is 0.556. The van der Waals surface area contributed by atoms with Gasteiger partial charge in [0.2, 0.25) is 0 Å². The Morgan fingerprint density at radius 3 is 2.33 bits per heavy atom. The van der Waals surface area contributed by atoms with Crippen molar-refractivity contribution in [1.29, 1.82) is 0 Å². The number of halogens is 5. The van der Waals surface area contributed by atoms with Gasteiger partial charge in [0.05, 0.1) is 6.20 Å². The Kier molecular flexibility index (Phi) is 3.63. The molecule has 1 aromatic rings. The normalized spacial score (nSPS) is 12.9. The highest BCUT2D eigenvalue weighted by molar-refractivity contribution is 5.96. The van der Waals surface area contributed by atoms with E-state index in [2.05, 4.69) is 5.10 Å². The highest BCUT2D eigenvalue weighted by Gasteiger charge is 2.63. The molecule has 0 aliphatic rings. The fourth-order valence-corrected chi connectivity index (χ4v) is 1.15. The second-order valence-corrected chi connectivity index (χ2v) is 3.78. The van der Waals surface area contributed by atoms with Crippen LogP contribution in [0.2, 0.25) is 0 Å². The van der Waals surface area contributed by atoms with Crippen molar-refractivity contribution in [1.82, 2.24) is 9.78 Å². The Labute approximate surface area is 98.8 Å². The van der Waals surface area contributed by atoms with Gasteiger partial charge in [-0.1, -0.05) is 0 Å². The Bertz CT molecular complexity index is 438. The first-order valence-electron chi connectivity index (χ1n) is 4.87. The molecule has 102 valence electrons. The molecule has 0 saturated heterocycles. The molecule has 1 rings (SSSR count). The number of amides is 1. The van der Waals surface area contributed by atoms with Gasteiger partial charge >= 0.3 is 18.0 Å². The van der Waals surface area contributed by atoms with Crippen LogP contribution in [0.1, 0.15) is 19.9 Å². The van der Waals surface area contributed by atoms with Crippen molar-refractivity contribution >= 4 is 11.7 Å². The molecule has 0 aromatic carbocycles. The monoisotopic (exact) mass is 271 g/mol. The molecule has 0 radical (unpaired) electrons. The molecule has 1 aromatic heterocycles. The molecule has 0 atom stereocenters.